The van der Waals surface area contributed by atoms with Crippen LogP contribution in [0.5, 0.6) is 0 Å². The van der Waals surface area contributed by atoms with Crippen LogP contribution in [0.15, 0.2) is 70.5 Å². The van der Waals surface area contributed by atoms with Gasteiger partial charge in [-0.25, -0.2) is 4.98 Å². The zero-order chi connectivity index (χ0) is 33.7. The lowest BCUT2D eigenvalue weighted by Gasteiger charge is -2.17. The summed E-state index contributed by atoms with van der Waals surface area (Å²) in [5.74, 6) is 0.975. The molecule has 0 aliphatic heterocycles. The van der Waals surface area contributed by atoms with E-state index in [1.807, 2.05) is 76.5 Å². The summed E-state index contributed by atoms with van der Waals surface area (Å²) in [7, 11) is 6.93. The van der Waals surface area contributed by atoms with Gasteiger partial charge in [-0.2, -0.15) is 0 Å². The molecule has 0 aliphatic carbocycles. The van der Waals surface area contributed by atoms with E-state index in [4.69, 9.17) is 15.2 Å². The SMILES string of the molecule is COC[C@@H](C)Nc1cc(-c2cc(C)c(=O)n(C)c2)ccc1N.COC[C@@H](C)n1c(C)nc2ccc(-c3cc(C)c(=O)n(C)c3)cc21. The number of ether oxygens (including phenoxy) is 2. The number of imidazole rings is 1. The van der Waals surface area contributed by atoms with Crippen LogP contribution in [0, 0.1) is 20.8 Å². The number of methoxy groups -OCH3 is 2. The number of pyridine rings is 2. The number of nitrogens with zero attached hydrogens (tertiary/aromatic N) is 4. The van der Waals surface area contributed by atoms with E-state index in [1.54, 1.807) is 37.4 Å². The topological polar surface area (TPSA) is 118 Å². The van der Waals surface area contributed by atoms with Crippen molar-refractivity contribution >= 4 is 22.4 Å². The van der Waals surface area contributed by atoms with Gasteiger partial charge in [0.2, 0.25) is 0 Å². The fourth-order valence-corrected chi connectivity index (χ4v) is 5.75. The smallest absolute Gasteiger partial charge is 0.253 e. The number of anilines is 2. The van der Waals surface area contributed by atoms with Crippen molar-refractivity contribution < 1.29 is 9.47 Å². The maximum Gasteiger partial charge on any atom is 0.253 e. The van der Waals surface area contributed by atoms with Gasteiger partial charge in [-0.15, -0.1) is 0 Å². The van der Waals surface area contributed by atoms with E-state index in [2.05, 4.69) is 33.9 Å². The van der Waals surface area contributed by atoms with E-state index in [9.17, 15) is 9.59 Å². The first-order chi connectivity index (χ1) is 21.8. The second-order valence-electron chi connectivity index (χ2n) is 12.0. The van der Waals surface area contributed by atoms with Crippen molar-refractivity contribution in [1.29, 1.82) is 0 Å². The van der Waals surface area contributed by atoms with Gasteiger partial charge in [0.1, 0.15) is 5.82 Å². The second kappa shape index (κ2) is 14.6. The number of aromatic nitrogens is 4. The van der Waals surface area contributed by atoms with Crippen LogP contribution in [0.1, 0.15) is 36.8 Å². The minimum absolute atomic E-state index is 0.0197. The average molecular weight is 627 g/mol. The molecule has 3 heterocycles. The molecule has 2 atom stereocenters. The van der Waals surface area contributed by atoms with Gasteiger partial charge in [-0.1, -0.05) is 12.1 Å². The van der Waals surface area contributed by atoms with E-state index in [-0.39, 0.29) is 23.2 Å². The van der Waals surface area contributed by atoms with E-state index >= 15 is 0 Å². The first-order valence-corrected chi connectivity index (χ1v) is 15.3. The number of hydrogen-bond donors (Lipinski definition) is 2. The summed E-state index contributed by atoms with van der Waals surface area (Å²) in [6.07, 6.45) is 3.71. The molecule has 5 rings (SSSR count). The molecule has 0 amide bonds. The summed E-state index contributed by atoms with van der Waals surface area (Å²) in [6, 6.07) is 16.3. The molecular formula is C36H46N6O4. The molecule has 10 heteroatoms. The van der Waals surface area contributed by atoms with Crippen LogP contribution < -0.4 is 22.2 Å². The first kappa shape index (κ1) is 34.2. The Morgan fingerprint density at radius 3 is 1.87 bits per heavy atom. The van der Waals surface area contributed by atoms with Crippen molar-refractivity contribution in [3.8, 4) is 22.3 Å². The minimum atomic E-state index is 0.0197. The molecular weight excluding hydrogens is 580 g/mol. The highest BCUT2D eigenvalue weighted by atomic mass is 16.5. The maximum atomic E-state index is 11.9. The van der Waals surface area contributed by atoms with Crippen LogP contribution in [0.25, 0.3) is 33.3 Å². The number of nitrogen functional groups attached to an aromatic ring is 1. The average Bonchev–Trinajstić information content (AvgIpc) is 3.34. The molecule has 0 saturated carbocycles. The highest BCUT2D eigenvalue weighted by molar-refractivity contribution is 5.83. The van der Waals surface area contributed by atoms with E-state index in [0.29, 0.717) is 18.9 Å². The molecule has 5 aromatic rings. The van der Waals surface area contributed by atoms with Crippen LogP contribution >= 0.6 is 0 Å². The number of hydrogen-bond acceptors (Lipinski definition) is 7. The van der Waals surface area contributed by atoms with Crippen molar-refractivity contribution in [2.75, 3.05) is 38.5 Å². The Morgan fingerprint density at radius 1 is 0.783 bits per heavy atom. The number of nitrogens with two attached hydrogens (primary N) is 1. The highest BCUT2D eigenvalue weighted by Crippen LogP contribution is 2.29. The van der Waals surface area contributed by atoms with Crippen molar-refractivity contribution in [3.05, 3.63) is 98.6 Å². The third-order valence-corrected chi connectivity index (χ3v) is 7.98. The Hall–Kier alpha value is -4.67. The molecule has 0 bridgehead atoms. The zero-order valence-electron chi connectivity index (χ0n) is 28.3. The van der Waals surface area contributed by atoms with Gasteiger partial charge >= 0.3 is 0 Å². The molecule has 0 aliphatic rings. The quantitative estimate of drug-likeness (QED) is 0.204. The molecule has 0 saturated heterocycles. The molecule has 3 N–H and O–H groups in total. The van der Waals surface area contributed by atoms with Gasteiger partial charge in [0.25, 0.3) is 11.1 Å². The molecule has 0 spiro atoms. The van der Waals surface area contributed by atoms with Crippen LogP contribution in [0.2, 0.25) is 0 Å². The van der Waals surface area contributed by atoms with E-state index in [0.717, 1.165) is 55.9 Å². The molecule has 0 radical (unpaired) electrons. The first-order valence-electron chi connectivity index (χ1n) is 15.3. The molecule has 2 aromatic carbocycles. The van der Waals surface area contributed by atoms with Crippen LogP contribution in [-0.2, 0) is 23.6 Å². The summed E-state index contributed by atoms with van der Waals surface area (Å²) in [6.45, 7) is 11.1. The molecule has 0 unspecified atom stereocenters. The molecule has 46 heavy (non-hydrogen) atoms. The van der Waals surface area contributed by atoms with Gasteiger partial charge in [-0.05, 0) is 93.3 Å². The Labute approximate surface area is 270 Å². The van der Waals surface area contributed by atoms with Gasteiger partial charge in [-0.3, -0.25) is 9.59 Å². The summed E-state index contributed by atoms with van der Waals surface area (Å²) < 4.78 is 15.9. The van der Waals surface area contributed by atoms with Crippen LogP contribution in [0.3, 0.4) is 0 Å². The molecule has 244 valence electrons. The van der Waals surface area contributed by atoms with E-state index in [1.165, 1.54) is 0 Å². The van der Waals surface area contributed by atoms with Crippen molar-refractivity contribution in [2.45, 2.75) is 46.7 Å². The fourth-order valence-electron chi connectivity index (χ4n) is 5.75. The predicted octanol–water partition coefficient (Wildman–Crippen LogP) is 5.62. The summed E-state index contributed by atoms with van der Waals surface area (Å²) in [5, 5.41) is 3.34. The van der Waals surface area contributed by atoms with Crippen molar-refractivity contribution in [1.82, 2.24) is 18.7 Å². The standard InChI is InChI=1S/C19H23N3O2.C17H23N3O2/c1-12-8-16(10-21(4)19(12)23)15-6-7-17-18(9-15)22(14(3)20-17)13(2)11-24-5;1-11-7-14(9-20(3)17(11)21)13-5-6-15(18)16(8-13)19-12(2)10-22-4/h6-10,13H,11H2,1-5H3;5-9,12,19H,10,18H2,1-4H3/t13-;12-/m11/s1. The molecule has 0 fully saturated rings. The lowest BCUT2D eigenvalue weighted by Crippen LogP contribution is -2.21. The number of aryl methyl sites for hydroxylation is 5. The highest BCUT2D eigenvalue weighted by Gasteiger charge is 2.15. The summed E-state index contributed by atoms with van der Waals surface area (Å²) in [4.78, 5) is 28.4. The van der Waals surface area contributed by atoms with Gasteiger partial charge < -0.3 is 34.2 Å². The Kier molecular flexibility index (Phi) is 10.9. The Balaban J connectivity index is 0.000000210. The van der Waals surface area contributed by atoms with Crippen molar-refractivity contribution in [3.63, 3.8) is 0 Å². The van der Waals surface area contributed by atoms with Crippen molar-refractivity contribution in [2.24, 2.45) is 14.1 Å². The number of nitrogens with one attached hydrogen (secondary N) is 1. The number of fused-ring (bicyclic) bond motifs is 1. The molecule has 10 nitrogen and oxygen atoms in total. The second-order valence-corrected chi connectivity index (χ2v) is 12.0. The Morgan fingerprint density at radius 2 is 1.33 bits per heavy atom. The van der Waals surface area contributed by atoms with Gasteiger partial charge in [0, 0.05) is 57.9 Å². The van der Waals surface area contributed by atoms with Gasteiger partial charge in [0.15, 0.2) is 0 Å². The van der Waals surface area contributed by atoms with Crippen LogP contribution in [0.4, 0.5) is 11.4 Å². The number of benzene rings is 2. The summed E-state index contributed by atoms with van der Waals surface area (Å²) >= 11 is 0. The number of rotatable bonds is 9. The zero-order valence-corrected chi connectivity index (χ0v) is 28.3. The monoisotopic (exact) mass is 626 g/mol. The third-order valence-electron chi connectivity index (χ3n) is 7.98. The van der Waals surface area contributed by atoms with Gasteiger partial charge in [0.05, 0.1) is 41.7 Å². The normalized spacial score (nSPS) is 12.5. The lowest BCUT2D eigenvalue weighted by atomic mass is 10.0. The maximum absolute atomic E-state index is 11.9. The summed E-state index contributed by atoms with van der Waals surface area (Å²) in [5.41, 5.74) is 15.3. The van der Waals surface area contributed by atoms with Crippen LogP contribution in [-0.4, -0.2) is 52.2 Å². The minimum Gasteiger partial charge on any atom is -0.397 e. The van der Waals surface area contributed by atoms with E-state index < -0.39 is 0 Å². The lowest BCUT2D eigenvalue weighted by molar-refractivity contribution is 0.163. The Bertz CT molecular complexity index is 1900. The predicted molar refractivity (Wildman–Crippen MR) is 188 cm³/mol. The largest absolute Gasteiger partial charge is 0.397 e. The third kappa shape index (κ3) is 7.58. The molecule has 3 aromatic heterocycles. The fraction of sp³-hybridized carbons (Fsp3) is 0.361.